The van der Waals surface area contributed by atoms with E-state index in [0.29, 0.717) is 12.5 Å². The van der Waals surface area contributed by atoms with Gasteiger partial charge in [0.15, 0.2) is 0 Å². The van der Waals surface area contributed by atoms with E-state index in [0.717, 1.165) is 23.6 Å². The number of methoxy groups -OCH3 is 1. The van der Waals surface area contributed by atoms with E-state index in [1.807, 2.05) is 24.3 Å². The van der Waals surface area contributed by atoms with E-state index in [1.165, 1.54) is 31.2 Å². The number of nitrogens with one attached hydrogen (secondary N) is 1. The summed E-state index contributed by atoms with van der Waals surface area (Å²) in [4.78, 5) is 4.73. The molecule has 0 saturated heterocycles. The predicted molar refractivity (Wildman–Crippen MR) is 105 cm³/mol. The molecule has 0 bridgehead atoms. The quantitative estimate of drug-likeness (QED) is 0.752. The number of benzene rings is 1. The van der Waals surface area contributed by atoms with E-state index in [4.69, 9.17) is 9.72 Å². The molecule has 2 atom stereocenters. The summed E-state index contributed by atoms with van der Waals surface area (Å²) in [7, 11) is 1.68. The van der Waals surface area contributed by atoms with Crippen LogP contribution in [0.1, 0.15) is 61.6 Å². The highest BCUT2D eigenvalue weighted by molar-refractivity contribution is 5.27. The zero-order valence-electron chi connectivity index (χ0n) is 15.8. The number of pyridine rings is 1. The van der Waals surface area contributed by atoms with Crippen LogP contribution in [0.2, 0.25) is 0 Å². The van der Waals surface area contributed by atoms with Crippen LogP contribution in [0.4, 0.5) is 0 Å². The molecule has 4 nitrogen and oxygen atoms in total. The Morgan fingerprint density at radius 2 is 1.88 bits per heavy atom. The van der Waals surface area contributed by atoms with Gasteiger partial charge in [-0.25, -0.2) is 0 Å². The van der Waals surface area contributed by atoms with Gasteiger partial charge in [-0.15, -0.1) is 0 Å². The van der Waals surface area contributed by atoms with Crippen molar-refractivity contribution in [2.24, 2.45) is 0 Å². The van der Waals surface area contributed by atoms with Crippen molar-refractivity contribution >= 4 is 0 Å². The molecule has 2 N–H and O–H groups in total. The Hall–Kier alpha value is -1.91. The average Bonchev–Trinajstić information content (AvgIpc) is 3.22. The molecule has 1 aromatic heterocycles. The Morgan fingerprint density at radius 3 is 2.58 bits per heavy atom. The van der Waals surface area contributed by atoms with Crippen molar-refractivity contribution < 1.29 is 9.84 Å². The first-order chi connectivity index (χ1) is 12.7. The smallest absolute Gasteiger partial charge is 0.118 e. The summed E-state index contributed by atoms with van der Waals surface area (Å²) >= 11 is 0. The van der Waals surface area contributed by atoms with Gasteiger partial charge in [-0.05, 0) is 56.0 Å². The summed E-state index contributed by atoms with van der Waals surface area (Å²) in [5.41, 5.74) is 3.17. The molecule has 1 aliphatic carbocycles. The minimum atomic E-state index is -0.574. The molecule has 1 heterocycles. The van der Waals surface area contributed by atoms with Crippen molar-refractivity contribution in [2.45, 2.75) is 57.1 Å². The maximum absolute atomic E-state index is 10.5. The number of nitrogens with zero attached hydrogens (tertiary/aromatic N) is 1. The maximum atomic E-state index is 10.5. The molecule has 4 heteroatoms. The minimum Gasteiger partial charge on any atom is -0.497 e. The second-order valence-corrected chi connectivity index (χ2v) is 7.35. The fourth-order valence-electron chi connectivity index (χ4n) is 3.71. The number of ether oxygens (including phenoxy) is 1. The van der Waals surface area contributed by atoms with Gasteiger partial charge in [0.25, 0.3) is 0 Å². The van der Waals surface area contributed by atoms with Gasteiger partial charge in [-0.1, -0.05) is 31.0 Å². The normalized spacial score (nSPS) is 17.2. The second kappa shape index (κ2) is 9.15. The van der Waals surface area contributed by atoms with E-state index >= 15 is 0 Å². The van der Waals surface area contributed by atoms with Crippen molar-refractivity contribution in [3.05, 3.63) is 59.4 Å². The number of aliphatic hydroxyl groups is 1. The van der Waals surface area contributed by atoms with Crippen LogP contribution in [0.3, 0.4) is 0 Å². The molecular formula is C22H30N2O2. The lowest BCUT2D eigenvalue weighted by Gasteiger charge is -2.18. The lowest BCUT2D eigenvalue weighted by Crippen LogP contribution is -2.32. The van der Waals surface area contributed by atoms with Gasteiger partial charge in [-0.2, -0.15) is 0 Å². The summed E-state index contributed by atoms with van der Waals surface area (Å²) in [5, 5.41) is 14.0. The van der Waals surface area contributed by atoms with E-state index in [2.05, 4.69) is 30.4 Å². The molecule has 0 spiro atoms. The Bertz CT molecular complexity index is 681. The number of aliphatic hydroxyl groups excluding tert-OH is 1. The molecule has 0 radical (unpaired) electrons. The van der Waals surface area contributed by atoms with Crippen molar-refractivity contribution in [2.75, 3.05) is 13.7 Å². The summed E-state index contributed by atoms with van der Waals surface area (Å²) in [6, 6.07) is 14.5. The second-order valence-electron chi connectivity index (χ2n) is 7.35. The lowest BCUT2D eigenvalue weighted by molar-refractivity contribution is 0.165. The molecule has 0 amide bonds. The molecule has 2 aromatic rings. The first-order valence-corrected chi connectivity index (χ1v) is 9.67. The summed E-state index contributed by atoms with van der Waals surface area (Å²) in [6.07, 6.45) is 5.38. The SMILES string of the molecule is COc1ccc(C[C@@H](C)NC[C@H](O)c2cccc(C3CCCC3)n2)cc1. The number of rotatable bonds is 8. The summed E-state index contributed by atoms with van der Waals surface area (Å²) < 4.78 is 5.19. The van der Waals surface area contributed by atoms with Gasteiger partial charge in [0.05, 0.1) is 12.8 Å². The van der Waals surface area contributed by atoms with Crippen LogP contribution in [0.25, 0.3) is 0 Å². The van der Waals surface area contributed by atoms with Gasteiger partial charge in [0, 0.05) is 24.2 Å². The first kappa shape index (κ1) is 18.9. The Kier molecular flexibility index (Phi) is 6.64. The monoisotopic (exact) mass is 354 g/mol. The van der Waals surface area contributed by atoms with Crippen molar-refractivity contribution in [1.82, 2.24) is 10.3 Å². The Balaban J connectivity index is 1.51. The standard InChI is InChI=1S/C22H30N2O2/c1-16(14-17-10-12-19(26-2)13-11-17)23-15-22(25)21-9-5-8-20(24-21)18-6-3-4-7-18/h5,8-13,16,18,22-23,25H,3-4,6-7,14-15H2,1-2H3/t16-,22+/m1/s1. The van der Waals surface area contributed by atoms with Crippen molar-refractivity contribution in [3.8, 4) is 5.75 Å². The summed E-state index contributed by atoms with van der Waals surface area (Å²) in [6.45, 7) is 2.65. The topological polar surface area (TPSA) is 54.4 Å². The lowest BCUT2D eigenvalue weighted by atomic mass is 10.0. The van der Waals surface area contributed by atoms with E-state index in [9.17, 15) is 5.11 Å². The Morgan fingerprint density at radius 1 is 1.15 bits per heavy atom. The van der Waals surface area contributed by atoms with Gasteiger partial charge >= 0.3 is 0 Å². The molecule has 3 rings (SSSR count). The highest BCUT2D eigenvalue weighted by Crippen LogP contribution is 2.33. The van der Waals surface area contributed by atoms with E-state index in [1.54, 1.807) is 7.11 Å². The fraction of sp³-hybridized carbons (Fsp3) is 0.500. The van der Waals surface area contributed by atoms with Crippen LogP contribution >= 0.6 is 0 Å². The third kappa shape index (κ3) is 5.05. The van der Waals surface area contributed by atoms with Crippen molar-refractivity contribution in [1.29, 1.82) is 0 Å². The summed E-state index contributed by atoms with van der Waals surface area (Å²) in [5.74, 6) is 1.45. The van der Waals surface area contributed by atoms with E-state index < -0.39 is 6.10 Å². The molecule has 1 fully saturated rings. The molecule has 140 valence electrons. The maximum Gasteiger partial charge on any atom is 0.118 e. The van der Waals surface area contributed by atoms with Crippen molar-refractivity contribution in [3.63, 3.8) is 0 Å². The van der Waals surface area contributed by atoms with Gasteiger partial charge < -0.3 is 15.2 Å². The molecule has 1 saturated carbocycles. The van der Waals surface area contributed by atoms with Gasteiger partial charge in [0.1, 0.15) is 11.9 Å². The van der Waals surface area contributed by atoms with Gasteiger partial charge in [0.2, 0.25) is 0 Å². The van der Waals surface area contributed by atoms with Gasteiger partial charge in [-0.3, -0.25) is 4.98 Å². The number of hydrogen-bond donors (Lipinski definition) is 2. The van der Waals surface area contributed by atoms with Crippen LogP contribution in [-0.2, 0) is 6.42 Å². The van der Waals surface area contributed by atoms with Crippen LogP contribution in [-0.4, -0.2) is 29.8 Å². The van der Waals surface area contributed by atoms with Crippen LogP contribution in [0.15, 0.2) is 42.5 Å². The largest absolute Gasteiger partial charge is 0.497 e. The highest BCUT2D eigenvalue weighted by atomic mass is 16.5. The van der Waals surface area contributed by atoms with Crippen LogP contribution < -0.4 is 10.1 Å². The molecule has 0 unspecified atom stereocenters. The molecule has 0 aliphatic heterocycles. The molecule has 26 heavy (non-hydrogen) atoms. The molecule has 1 aromatic carbocycles. The highest BCUT2D eigenvalue weighted by Gasteiger charge is 2.19. The molecular weight excluding hydrogens is 324 g/mol. The third-order valence-electron chi connectivity index (χ3n) is 5.27. The Labute approximate surface area is 156 Å². The minimum absolute atomic E-state index is 0.274. The number of aromatic nitrogens is 1. The zero-order valence-corrected chi connectivity index (χ0v) is 15.8. The predicted octanol–water partition coefficient (Wildman–Crippen LogP) is 4.00. The number of hydrogen-bond acceptors (Lipinski definition) is 4. The zero-order chi connectivity index (χ0) is 18.4. The first-order valence-electron chi connectivity index (χ1n) is 9.67. The average molecular weight is 354 g/mol. The fourth-order valence-corrected chi connectivity index (χ4v) is 3.71. The third-order valence-corrected chi connectivity index (χ3v) is 5.27. The van der Waals surface area contributed by atoms with Crippen LogP contribution in [0.5, 0.6) is 5.75 Å². The van der Waals surface area contributed by atoms with E-state index in [-0.39, 0.29) is 6.04 Å². The van der Waals surface area contributed by atoms with Crippen LogP contribution in [0, 0.1) is 0 Å². The molecule has 1 aliphatic rings.